The van der Waals surface area contributed by atoms with Gasteiger partial charge in [-0.3, -0.25) is 4.52 Å². The lowest BCUT2D eigenvalue weighted by Gasteiger charge is -1.90. The third-order valence-corrected chi connectivity index (χ3v) is 3.10. The minimum absolute atomic E-state index is 0.328. The molecule has 0 radical (unpaired) electrons. The van der Waals surface area contributed by atoms with E-state index < -0.39 is 5.63 Å². The number of hydrogen-bond acceptors (Lipinski definition) is 5. The lowest BCUT2D eigenvalue weighted by atomic mass is 10.3. The Balaban J connectivity index is 2.22. The molecule has 2 heterocycles. The number of benzene rings is 1. The van der Waals surface area contributed by atoms with Crippen LogP contribution in [0.15, 0.2) is 45.0 Å². The van der Waals surface area contributed by atoms with Crippen LogP contribution < -0.4 is 16.0 Å². The first kappa shape index (κ1) is 10.7. The largest absolute Gasteiger partial charge is 0.437 e. The second kappa shape index (κ2) is 4.11. The second-order valence-electron chi connectivity index (χ2n) is 3.57. The van der Waals surface area contributed by atoms with Gasteiger partial charge in [-0.2, -0.15) is 0 Å². The molecule has 6 nitrogen and oxygen atoms in total. The topological polar surface area (TPSA) is 88.8 Å². The van der Waals surface area contributed by atoms with Crippen molar-refractivity contribution in [1.29, 1.82) is 0 Å². The van der Waals surface area contributed by atoms with Crippen molar-refractivity contribution in [2.24, 2.45) is 0 Å². The molecule has 3 rings (SSSR count). The highest BCUT2D eigenvalue weighted by Gasteiger charge is 2.27. The van der Waals surface area contributed by atoms with Gasteiger partial charge in [0.2, 0.25) is 5.69 Å². The van der Waals surface area contributed by atoms with Crippen LogP contribution in [0, 0.1) is 0 Å². The Labute approximate surface area is 105 Å². The van der Waals surface area contributed by atoms with Gasteiger partial charge in [0.1, 0.15) is 0 Å². The Morgan fingerprint density at radius 1 is 1.33 bits per heavy atom. The van der Waals surface area contributed by atoms with Crippen LogP contribution in [0.1, 0.15) is 0 Å². The highest BCUT2D eigenvalue weighted by Crippen LogP contribution is 2.18. The van der Waals surface area contributed by atoms with Crippen LogP contribution in [0.4, 0.5) is 5.13 Å². The molecular weight excluding hydrogens is 252 g/mol. The van der Waals surface area contributed by atoms with E-state index in [9.17, 15) is 4.79 Å². The van der Waals surface area contributed by atoms with Crippen molar-refractivity contribution in [3.8, 4) is 17.1 Å². The molecule has 0 fully saturated rings. The van der Waals surface area contributed by atoms with Crippen molar-refractivity contribution in [3.63, 3.8) is 0 Å². The SMILES string of the molecule is Nc1nc(-c2c(=O)o[nH][n+]2-c2ccccc2)cs1. The average Bonchev–Trinajstić information content (AvgIpc) is 2.96. The molecule has 0 aliphatic rings. The molecule has 7 heteroatoms. The number of rotatable bonds is 2. The summed E-state index contributed by atoms with van der Waals surface area (Å²) in [5.74, 6) is 0. The molecule has 3 N–H and O–H groups in total. The number of aromatic nitrogens is 3. The zero-order valence-corrected chi connectivity index (χ0v) is 9.98. The van der Waals surface area contributed by atoms with Gasteiger partial charge < -0.3 is 5.73 Å². The minimum atomic E-state index is -0.482. The van der Waals surface area contributed by atoms with Crippen molar-refractivity contribution in [3.05, 3.63) is 46.1 Å². The molecule has 3 aromatic rings. The lowest BCUT2D eigenvalue weighted by molar-refractivity contribution is -0.660. The van der Waals surface area contributed by atoms with E-state index in [-0.39, 0.29) is 0 Å². The highest BCUT2D eigenvalue weighted by atomic mass is 32.1. The van der Waals surface area contributed by atoms with Crippen LogP contribution in [-0.4, -0.2) is 10.3 Å². The quantitative estimate of drug-likeness (QED) is 0.672. The first-order valence-electron chi connectivity index (χ1n) is 5.16. The van der Waals surface area contributed by atoms with Crippen molar-refractivity contribution in [1.82, 2.24) is 10.3 Å². The molecule has 0 aliphatic heterocycles. The number of para-hydroxylation sites is 1. The van der Waals surface area contributed by atoms with Crippen molar-refractivity contribution in [2.75, 3.05) is 5.73 Å². The Bertz CT molecular complexity index is 729. The smallest absolute Gasteiger partial charge is 0.375 e. The summed E-state index contributed by atoms with van der Waals surface area (Å²) in [6, 6.07) is 9.33. The van der Waals surface area contributed by atoms with Crippen LogP contribution in [0.5, 0.6) is 0 Å². The molecule has 90 valence electrons. The van der Waals surface area contributed by atoms with Gasteiger partial charge in [0.05, 0.1) is 0 Å². The first-order chi connectivity index (χ1) is 8.75. The van der Waals surface area contributed by atoms with Gasteiger partial charge in [-0.1, -0.05) is 18.2 Å². The minimum Gasteiger partial charge on any atom is -0.375 e. The number of nitrogen functional groups attached to an aromatic ring is 1. The first-order valence-corrected chi connectivity index (χ1v) is 6.04. The predicted molar refractivity (Wildman–Crippen MR) is 66.4 cm³/mol. The van der Waals surface area contributed by atoms with E-state index >= 15 is 0 Å². The molecule has 0 aliphatic carbocycles. The van der Waals surface area contributed by atoms with Crippen molar-refractivity contribution in [2.45, 2.75) is 0 Å². The van der Waals surface area contributed by atoms with Gasteiger partial charge in [0.25, 0.3) is 0 Å². The summed E-state index contributed by atoms with van der Waals surface area (Å²) in [6.07, 6.45) is 0. The van der Waals surface area contributed by atoms with E-state index in [0.29, 0.717) is 16.5 Å². The van der Waals surface area contributed by atoms with Gasteiger partial charge >= 0.3 is 11.3 Å². The summed E-state index contributed by atoms with van der Waals surface area (Å²) in [5.41, 5.74) is 6.70. The van der Waals surface area contributed by atoms with E-state index in [4.69, 9.17) is 10.3 Å². The molecule has 0 atom stereocenters. The number of nitrogens with two attached hydrogens (primary N) is 1. The predicted octanol–water partition coefficient (Wildman–Crippen LogP) is 0.950. The van der Waals surface area contributed by atoms with E-state index in [1.165, 1.54) is 16.0 Å². The van der Waals surface area contributed by atoms with Crippen molar-refractivity contribution < 1.29 is 9.20 Å². The summed E-state index contributed by atoms with van der Waals surface area (Å²) in [7, 11) is 0. The van der Waals surface area contributed by atoms with Gasteiger partial charge in [-0.15, -0.1) is 11.3 Å². The molecule has 18 heavy (non-hydrogen) atoms. The van der Waals surface area contributed by atoms with Crippen LogP contribution in [0.25, 0.3) is 17.1 Å². The maximum atomic E-state index is 11.7. The van der Waals surface area contributed by atoms with Gasteiger partial charge in [-0.25, -0.2) is 9.78 Å². The maximum Gasteiger partial charge on any atom is 0.437 e. The monoisotopic (exact) mass is 261 g/mol. The number of nitrogens with one attached hydrogen (secondary N) is 1. The summed E-state index contributed by atoms with van der Waals surface area (Å²) in [6.45, 7) is 0. The number of hydrogen-bond donors (Lipinski definition) is 2. The fourth-order valence-electron chi connectivity index (χ4n) is 1.65. The number of thiazole rings is 1. The summed E-state index contributed by atoms with van der Waals surface area (Å²) in [4.78, 5) is 15.8. The standard InChI is InChI=1S/C11H8N4O2S/c12-11-13-8(6-18-11)9-10(16)17-14-15(9)7-4-2-1-3-5-7/h1-6H,(H2-,12,13,14,16)/p+1. The van der Waals surface area contributed by atoms with Crippen LogP contribution >= 0.6 is 11.3 Å². The molecule has 2 aromatic heterocycles. The van der Waals surface area contributed by atoms with Crippen LogP contribution in [0.2, 0.25) is 0 Å². The van der Waals surface area contributed by atoms with E-state index in [1.807, 2.05) is 30.3 Å². The molecule has 0 saturated heterocycles. The maximum absolute atomic E-state index is 11.7. The summed E-state index contributed by atoms with van der Waals surface area (Å²) in [5, 5.41) is 4.68. The van der Waals surface area contributed by atoms with Gasteiger partial charge in [0.15, 0.2) is 10.8 Å². The number of nitrogens with zero attached hydrogens (tertiary/aromatic N) is 2. The highest BCUT2D eigenvalue weighted by molar-refractivity contribution is 7.13. The Kier molecular flexibility index (Phi) is 2.45. The molecule has 0 spiro atoms. The summed E-state index contributed by atoms with van der Waals surface area (Å²) < 4.78 is 6.36. The van der Waals surface area contributed by atoms with Crippen LogP contribution in [0.3, 0.4) is 0 Å². The number of H-pyrrole nitrogens is 1. The van der Waals surface area contributed by atoms with Gasteiger partial charge in [-0.05, 0) is 9.95 Å². The van der Waals surface area contributed by atoms with E-state index in [1.54, 1.807) is 5.38 Å². The second-order valence-corrected chi connectivity index (χ2v) is 4.46. The lowest BCUT2D eigenvalue weighted by Crippen LogP contribution is -2.36. The zero-order chi connectivity index (χ0) is 12.5. The Morgan fingerprint density at radius 2 is 2.11 bits per heavy atom. The van der Waals surface area contributed by atoms with E-state index in [2.05, 4.69) is 10.3 Å². The molecule has 0 saturated carbocycles. The summed E-state index contributed by atoms with van der Waals surface area (Å²) >= 11 is 1.27. The molecule has 0 unspecified atom stereocenters. The van der Waals surface area contributed by atoms with Crippen molar-refractivity contribution >= 4 is 16.5 Å². The Morgan fingerprint density at radius 3 is 2.78 bits per heavy atom. The fraction of sp³-hybridized carbons (Fsp3) is 0. The number of aromatic amines is 1. The fourth-order valence-corrected chi connectivity index (χ4v) is 2.19. The third kappa shape index (κ3) is 1.70. The Hall–Kier alpha value is -2.41. The van der Waals surface area contributed by atoms with Gasteiger partial charge in [0, 0.05) is 17.5 Å². The molecule has 0 amide bonds. The molecular formula is C11H9N4O2S+. The van der Waals surface area contributed by atoms with E-state index in [0.717, 1.165) is 5.69 Å². The van der Waals surface area contributed by atoms with Crippen LogP contribution in [-0.2, 0) is 0 Å². The zero-order valence-electron chi connectivity index (χ0n) is 9.16. The third-order valence-electron chi connectivity index (χ3n) is 2.43. The average molecular weight is 261 g/mol. The normalized spacial score (nSPS) is 10.7. The molecule has 0 bridgehead atoms. The molecule has 1 aromatic carbocycles. The number of anilines is 1.